The quantitative estimate of drug-likeness (QED) is 0.644. The van der Waals surface area contributed by atoms with E-state index < -0.39 is 33.4 Å². The summed E-state index contributed by atoms with van der Waals surface area (Å²) in [5.41, 5.74) is 1.88. The van der Waals surface area contributed by atoms with E-state index in [9.17, 15) is 18.0 Å². The molecule has 0 N–H and O–H groups in total. The van der Waals surface area contributed by atoms with E-state index >= 15 is 0 Å². The molecule has 0 saturated carbocycles. The van der Waals surface area contributed by atoms with Crippen LogP contribution < -0.4 is 9.47 Å². The van der Waals surface area contributed by atoms with Crippen molar-refractivity contribution in [2.75, 3.05) is 25.7 Å². The first-order valence-electron chi connectivity index (χ1n) is 9.13. The van der Waals surface area contributed by atoms with Crippen molar-refractivity contribution >= 4 is 21.7 Å². The number of sulfone groups is 1. The number of ether oxygens (including phenoxy) is 2. The first-order chi connectivity index (χ1) is 13.7. The van der Waals surface area contributed by atoms with E-state index in [4.69, 9.17) is 9.47 Å². The molecule has 0 radical (unpaired) electrons. The second kappa shape index (κ2) is 7.87. The molecule has 1 unspecified atom stereocenters. The van der Waals surface area contributed by atoms with Gasteiger partial charge in [-0.3, -0.25) is 14.5 Å². The minimum Gasteiger partial charge on any atom is -0.493 e. The molecular formula is C21H23NO6S. The van der Waals surface area contributed by atoms with Crippen LogP contribution in [0.3, 0.4) is 0 Å². The smallest absolute Gasteiger partial charge is 0.262 e. The molecular weight excluding hydrogens is 394 g/mol. The maximum absolute atomic E-state index is 13.0. The number of carbonyl (C=O) groups is 2. The number of amides is 2. The van der Waals surface area contributed by atoms with Gasteiger partial charge in [-0.15, -0.1) is 0 Å². The zero-order valence-electron chi connectivity index (χ0n) is 16.8. The summed E-state index contributed by atoms with van der Waals surface area (Å²) in [6.07, 6.45) is 1.08. The Morgan fingerprint density at radius 3 is 2.31 bits per heavy atom. The van der Waals surface area contributed by atoms with Gasteiger partial charge in [0.2, 0.25) is 0 Å². The highest BCUT2D eigenvalue weighted by atomic mass is 32.2. The first-order valence-corrected chi connectivity index (χ1v) is 11.2. The number of aryl methyl sites for hydroxylation is 1. The van der Waals surface area contributed by atoms with Crippen molar-refractivity contribution < 1.29 is 27.5 Å². The second-order valence-corrected chi connectivity index (χ2v) is 9.17. The number of carbonyl (C=O) groups excluding carboxylic acids is 2. The Balaban J connectivity index is 2.11. The summed E-state index contributed by atoms with van der Waals surface area (Å²) in [5, 5.41) is 0. The number of rotatable bonds is 7. The van der Waals surface area contributed by atoms with Crippen molar-refractivity contribution in [2.24, 2.45) is 0 Å². The molecule has 0 saturated heterocycles. The van der Waals surface area contributed by atoms with Crippen molar-refractivity contribution in [2.45, 2.75) is 19.9 Å². The lowest BCUT2D eigenvalue weighted by atomic mass is 10.1. The lowest BCUT2D eigenvalue weighted by Gasteiger charge is -2.26. The molecule has 1 aliphatic heterocycles. The number of imide groups is 1. The van der Waals surface area contributed by atoms with Crippen molar-refractivity contribution in [1.82, 2.24) is 4.90 Å². The maximum Gasteiger partial charge on any atom is 0.262 e. The second-order valence-electron chi connectivity index (χ2n) is 6.98. The monoisotopic (exact) mass is 417 g/mol. The van der Waals surface area contributed by atoms with Crippen LogP contribution in [0.4, 0.5) is 0 Å². The number of nitrogens with zero attached hydrogens (tertiary/aromatic N) is 1. The van der Waals surface area contributed by atoms with Gasteiger partial charge >= 0.3 is 0 Å². The number of methoxy groups -OCH3 is 1. The summed E-state index contributed by atoms with van der Waals surface area (Å²) in [6.45, 7) is 4.02. The fraction of sp³-hybridized carbons (Fsp3) is 0.333. The predicted octanol–water partition coefficient (Wildman–Crippen LogP) is 2.78. The van der Waals surface area contributed by atoms with Gasteiger partial charge in [0.15, 0.2) is 11.5 Å². The van der Waals surface area contributed by atoms with E-state index in [1.807, 2.05) is 13.8 Å². The van der Waals surface area contributed by atoms with Crippen LogP contribution in [-0.4, -0.2) is 50.9 Å². The molecule has 0 spiro atoms. The van der Waals surface area contributed by atoms with Gasteiger partial charge in [-0.2, -0.15) is 0 Å². The molecule has 0 aliphatic carbocycles. The minimum atomic E-state index is -3.51. The van der Waals surface area contributed by atoms with Gasteiger partial charge < -0.3 is 9.47 Å². The van der Waals surface area contributed by atoms with E-state index in [2.05, 4.69) is 0 Å². The van der Waals surface area contributed by atoms with E-state index in [1.54, 1.807) is 36.4 Å². The highest BCUT2D eigenvalue weighted by Gasteiger charge is 2.42. The van der Waals surface area contributed by atoms with Gasteiger partial charge in [-0.05, 0) is 43.7 Å². The van der Waals surface area contributed by atoms with E-state index in [-0.39, 0.29) is 11.1 Å². The third-order valence-electron chi connectivity index (χ3n) is 4.72. The molecule has 1 aliphatic rings. The summed E-state index contributed by atoms with van der Waals surface area (Å²) in [4.78, 5) is 27.1. The van der Waals surface area contributed by atoms with Crippen LogP contribution in [0.25, 0.3) is 0 Å². The highest BCUT2D eigenvalue weighted by Crippen LogP contribution is 2.36. The Hall–Kier alpha value is -2.87. The minimum absolute atomic E-state index is 0.276. The van der Waals surface area contributed by atoms with Gasteiger partial charge in [0.25, 0.3) is 11.8 Å². The molecule has 2 amide bonds. The normalized spacial score (nSPS) is 14.7. The third-order valence-corrected chi connectivity index (χ3v) is 5.64. The molecule has 2 aromatic rings. The van der Waals surface area contributed by atoms with Crippen molar-refractivity contribution in [3.8, 4) is 11.5 Å². The van der Waals surface area contributed by atoms with Crippen LogP contribution in [0.2, 0.25) is 0 Å². The van der Waals surface area contributed by atoms with Crippen LogP contribution >= 0.6 is 0 Å². The molecule has 1 atom stereocenters. The summed E-state index contributed by atoms with van der Waals surface area (Å²) in [5.74, 6) is -0.510. The van der Waals surface area contributed by atoms with Crippen LogP contribution in [0.15, 0.2) is 36.4 Å². The van der Waals surface area contributed by atoms with Crippen molar-refractivity contribution in [1.29, 1.82) is 0 Å². The lowest BCUT2D eigenvalue weighted by molar-refractivity contribution is 0.0597. The molecule has 154 valence electrons. The van der Waals surface area contributed by atoms with Gasteiger partial charge in [0.1, 0.15) is 9.84 Å². The number of fused-ring (bicyclic) bond motifs is 1. The van der Waals surface area contributed by atoms with Crippen LogP contribution in [0.1, 0.15) is 44.8 Å². The first kappa shape index (κ1) is 20.9. The Bertz CT molecular complexity index is 1080. The molecule has 2 aromatic carbocycles. The summed E-state index contributed by atoms with van der Waals surface area (Å²) >= 11 is 0. The summed E-state index contributed by atoms with van der Waals surface area (Å²) < 4.78 is 35.1. The molecule has 0 bridgehead atoms. The van der Waals surface area contributed by atoms with Gasteiger partial charge in [-0.1, -0.05) is 17.7 Å². The van der Waals surface area contributed by atoms with Crippen molar-refractivity contribution in [3.63, 3.8) is 0 Å². The van der Waals surface area contributed by atoms with Gasteiger partial charge in [0, 0.05) is 6.26 Å². The zero-order valence-corrected chi connectivity index (χ0v) is 17.6. The van der Waals surface area contributed by atoms with Gasteiger partial charge in [-0.25, -0.2) is 8.42 Å². The Morgan fingerprint density at radius 2 is 1.69 bits per heavy atom. The van der Waals surface area contributed by atoms with Crippen molar-refractivity contribution in [3.05, 3.63) is 58.7 Å². The van der Waals surface area contributed by atoms with E-state index in [0.717, 1.165) is 16.7 Å². The molecule has 3 rings (SSSR count). The van der Waals surface area contributed by atoms with Crippen LogP contribution in [-0.2, 0) is 9.84 Å². The molecule has 29 heavy (non-hydrogen) atoms. The molecule has 8 heteroatoms. The Kier molecular flexibility index (Phi) is 5.66. The standard InChI is InChI=1S/C21H23NO6S/c1-5-28-19-11-14(7-9-18(19)27-3)17(12-29(4,25)26)22-20(23)15-8-6-13(2)10-16(15)21(22)24/h6-11,17H,5,12H2,1-4H3. The largest absolute Gasteiger partial charge is 0.493 e. The third kappa shape index (κ3) is 4.12. The number of benzene rings is 2. The molecule has 0 fully saturated rings. The fourth-order valence-corrected chi connectivity index (χ4v) is 4.35. The Labute approximate surface area is 170 Å². The molecule has 1 heterocycles. The topological polar surface area (TPSA) is 90.0 Å². The SMILES string of the molecule is CCOc1cc(C(CS(C)(=O)=O)N2C(=O)c3ccc(C)cc3C2=O)ccc1OC. The average Bonchev–Trinajstić information content (AvgIpc) is 2.89. The molecule has 0 aromatic heterocycles. The predicted molar refractivity (Wildman–Crippen MR) is 108 cm³/mol. The Morgan fingerprint density at radius 1 is 1.00 bits per heavy atom. The summed E-state index contributed by atoms with van der Waals surface area (Å²) in [6, 6.07) is 8.91. The average molecular weight is 417 g/mol. The van der Waals surface area contributed by atoms with Crippen LogP contribution in [0, 0.1) is 6.92 Å². The van der Waals surface area contributed by atoms with Crippen LogP contribution in [0.5, 0.6) is 11.5 Å². The number of hydrogen-bond acceptors (Lipinski definition) is 6. The van der Waals surface area contributed by atoms with E-state index in [1.165, 1.54) is 7.11 Å². The summed E-state index contributed by atoms with van der Waals surface area (Å²) in [7, 11) is -2.01. The van der Waals surface area contributed by atoms with E-state index in [0.29, 0.717) is 23.7 Å². The molecule has 7 nitrogen and oxygen atoms in total. The number of hydrogen-bond donors (Lipinski definition) is 0. The van der Waals surface area contributed by atoms with Gasteiger partial charge in [0.05, 0.1) is 36.6 Å². The highest BCUT2D eigenvalue weighted by molar-refractivity contribution is 7.90. The fourth-order valence-electron chi connectivity index (χ4n) is 3.43. The lowest BCUT2D eigenvalue weighted by Crippen LogP contribution is -2.37. The maximum atomic E-state index is 13.0. The zero-order chi connectivity index (χ0) is 21.3.